The molecule has 10 rings (SSSR count). The lowest BCUT2D eigenvalue weighted by molar-refractivity contribution is 0.620. The molecule has 0 bridgehead atoms. The van der Waals surface area contributed by atoms with Crippen LogP contribution in [0.1, 0.15) is 0 Å². The van der Waals surface area contributed by atoms with Gasteiger partial charge in [-0.05, 0) is 47.2 Å². The van der Waals surface area contributed by atoms with Gasteiger partial charge in [0.1, 0.15) is 16.7 Å². The van der Waals surface area contributed by atoms with Crippen molar-refractivity contribution in [3.63, 3.8) is 0 Å². The Balaban J connectivity index is 1.31. The highest BCUT2D eigenvalue weighted by Gasteiger charge is 2.21. The summed E-state index contributed by atoms with van der Waals surface area (Å²) in [5.41, 5.74) is 7.64. The van der Waals surface area contributed by atoms with E-state index in [-0.39, 0.29) is 0 Å². The van der Waals surface area contributed by atoms with E-state index in [0.717, 1.165) is 55.1 Å². The Morgan fingerprint density at radius 1 is 0.512 bits per heavy atom. The maximum Gasteiger partial charge on any atom is 0.228 e. The van der Waals surface area contributed by atoms with Crippen LogP contribution in [0.15, 0.2) is 142 Å². The molecule has 0 unspecified atom stereocenters. The van der Waals surface area contributed by atoms with Gasteiger partial charge in [-0.25, -0.2) is 4.98 Å². The summed E-state index contributed by atoms with van der Waals surface area (Å²) in [5.74, 6) is 0.595. The standard InChI is InChI=1S/C39H22N2O2/c1-3-11-26-23(9-1)17-19-29-28-13-5-7-15-33(28)41(37(26)29)25-18-20-30-35(22-25)42-38-27-12-4-2-10-24(27)21-31(36(30)38)39-40-32-14-6-8-16-34(32)43-39/h1-22H. The van der Waals surface area contributed by atoms with Gasteiger partial charge >= 0.3 is 0 Å². The predicted molar refractivity (Wildman–Crippen MR) is 176 cm³/mol. The molecule has 10 aromatic rings. The first-order chi connectivity index (χ1) is 21.3. The van der Waals surface area contributed by atoms with Crippen molar-refractivity contribution in [1.82, 2.24) is 9.55 Å². The molecule has 0 N–H and O–H groups in total. The molecule has 0 aliphatic heterocycles. The minimum absolute atomic E-state index is 0.595. The predicted octanol–water partition coefficient (Wildman–Crippen LogP) is 10.8. The van der Waals surface area contributed by atoms with Crippen molar-refractivity contribution >= 4 is 76.4 Å². The van der Waals surface area contributed by atoms with Crippen LogP contribution in [0.4, 0.5) is 0 Å². The van der Waals surface area contributed by atoms with Gasteiger partial charge < -0.3 is 13.4 Å². The van der Waals surface area contributed by atoms with Gasteiger partial charge in [-0.2, -0.15) is 0 Å². The molecule has 0 aliphatic carbocycles. The fourth-order valence-corrected chi connectivity index (χ4v) is 6.89. The summed E-state index contributed by atoms with van der Waals surface area (Å²) < 4.78 is 15.4. The second kappa shape index (κ2) is 8.34. The molecule has 43 heavy (non-hydrogen) atoms. The van der Waals surface area contributed by atoms with Gasteiger partial charge in [0.05, 0.1) is 11.0 Å². The second-order valence-electron chi connectivity index (χ2n) is 11.2. The van der Waals surface area contributed by atoms with E-state index >= 15 is 0 Å². The number of hydrogen-bond donors (Lipinski definition) is 0. The van der Waals surface area contributed by atoms with Crippen LogP contribution in [0.25, 0.3) is 93.5 Å². The first-order valence-corrected chi connectivity index (χ1v) is 14.5. The highest BCUT2D eigenvalue weighted by Crippen LogP contribution is 2.43. The SMILES string of the molecule is c1ccc2c(c1)cc(-c1nc3ccccc3o1)c1c3ccc(-n4c5ccccc5c5ccc6ccccc6c54)cc3oc21. The second-order valence-corrected chi connectivity index (χ2v) is 11.2. The van der Waals surface area contributed by atoms with E-state index in [1.807, 2.05) is 24.3 Å². The number of benzene rings is 7. The first-order valence-electron chi connectivity index (χ1n) is 14.5. The minimum Gasteiger partial charge on any atom is -0.455 e. The van der Waals surface area contributed by atoms with Gasteiger partial charge in [0.25, 0.3) is 0 Å². The molecule has 4 heteroatoms. The molecule has 3 heterocycles. The average molecular weight is 551 g/mol. The van der Waals surface area contributed by atoms with Crippen molar-refractivity contribution in [2.24, 2.45) is 0 Å². The number of furan rings is 1. The Kier molecular flexibility index (Phi) is 4.42. The van der Waals surface area contributed by atoms with E-state index in [1.165, 1.54) is 32.6 Å². The van der Waals surface area contributed by atoms with Crippen LogP contribution in [-0.4, -0.2) is 9.55 Å². The Hall–Kier alpha value is -5.87. The van der Waals surface area contributed by atoms with E-state index in [9.17, 15) is 0 Å². The van der Waals surface area contributed by atoms with Crippen LogP contribution >= 0.6 is 0 Å². The number of oxazole rings is 1. The molecule has 0 spiro atoms. The Labute approximate surface area is 245 Å². The van der Waals surface area contributed by atoms with Crippen LogP contribution < -0.4 is 0 Å². The summed E-state index contributed by atoms with van der Waals surface area (Å²) >= 11 is 0. The summed E-state index contributed by atoms with van der Waals surface area (Å²) in [6.45, 7) is 0. The summed E-state index contributed by atoms with van der Waals surface area (Å²) in [4.78, 5) is 4.87. The zero-order valence-electron chi connectivity index (χ0n) is 22.9. The van der Waals surface area contributed by atoms with E-state index in [1.54, 1.807) is 0 Å². The third-order valence-electron chi connectivity index (χ3n) is 8.79. The maximum absolute atomic E-state index is 6.77. The van der Waals surface area contributed by atoms with Gasteiger partial charge in [-0.3, -0.25) is 0 Å². The van der Waals surface area contributed by atoms with Crippen LogP contribution in [0.3, 0.4) is 0 Å². The van der Waals surface area contributed by atoms with Crippen LogP contribution in [0.2, 0.25) is 0 Å². The van der Waals surface area contributed by atoms with Crippen LogP contribution in [0.5, 0.6) is 0 Å². The molecule has 7 aromatic carbocycles. The zero-order chi connectivity index (χ0) is 28.1. The summed E-state index contributed by atoms with van der Waals surface area (Å²) in [6.07, 6.45) is 0. The van der Waals surface area contributed by atoms with Crippen molar-refractivity contribution in [2.75, 3.05) is 0 Å². The number of hydrogen-bond acceptors (Lipinski definition) is 3. The van der Waals surface area contributed by atoms with Gasteiger partial charge in [-0.15, -0.1) is 0 Å². The number of fused-ring (bicyclic) bond motifs is 11. The number of nitrogens with zero attached hydrogens (tertiary/aromatic N) is 2. The van der Waals surface area contributed by atoms with Crippen molar-refractivity contribution in [3.05, 3.63) is 133 Å². The molecule has 0 saturated heterocycles. The molecule has 0 fully saturated rings. The minimum atomic E-state index is 0.595. The Morgan fingerprint density at radius 3 is 2.16 bits per heavy atom. The highest BCUT2D eigenvalue weighted by molar-refractivity contribution is 6.22. The molecule has 0 amide bonds. The normalized spacial score (nSPS) is 12.2. The van der Waals surface area contributed by atoms with Crippen molar-refractivity contribution < 1.29 is 8.83 Å². The fourth-order valence-electron chi connectivity index (χ4n) is 6.89. The molecule has 0 aliphatic rings. The summed E-state index contributed by atoms with van der Waals surface area (Å²) in [6, 6.07) is 46.7. The van der Waals surface area contributed by atoms with Gasteiger partial charge in [0.2, 0.25) is 5.89 Å². The van der Waals surface area contributed by atoms with E-state index in [4.69, 9.17) is 13.8 Å². The van der Waals surface area contributed by atoms with E-state index in [2.05, 4.69) is 114 Å². The Morgan fingerprint density at radius 2 is 1.26 bits per heavy atom. The van der Waals surface area contributed by atoms with Crippen LogP contribution in [0, 0.1) is 0 Å². The lowest BCUT2D eigenvalue weighted by Gasteiger charge is -2.10. The Bertz CT molecular complexity index is 2710. The van der Waals surface area contributed by atoms with Crippen molar-refractivity contribution in [1.29, 1.82) is 0 Å². The van der Waals surface area contributed by atoms with Gasteiger partial charge in [0, 0.05) is 49.6 Å². The van der Waals surface area contributed by atoms with E-state index < -0.39 is 0 Å². The third kappa shape index (κ3) is 3.12. The quantitative estimate of drug-likeness (QED) is 0.215. The number of para-hydroxylation sites is 3. The number of rotatable bonds is 2. The third-order valence-corrected chi connectivity index (χ3v) is 8.79. The summed E-state index contributed by atoms with van der Waals surface area (Å²) in [7, 11) is 0. The van der Waals surface area contributed by atoms with Crippen molar-refractivity contribution in [2.45, 2.75) is 0 Å². The first kappa shape index (κ1) is 22.8. The van der Waals surface area contributed by atoms with E-state index in [0.29, 0.717) is 5.89 Å². The topological polar surface area (TPSA) is 44.1 Å². The number of aromatic nitrogens is 2. The zero-order valence-corrected chi connectivity index (χ0v) is 22.9. The largest absolute Gasteiger partial charge is 0.455 e. The molecule has 200 valence electrons. The van der Waals surface area contributed by atoms with Crippen molar-refractivity contribution in [3.8, 4) is 17.1 Å². The fraction of sp³-hybridized carbons (Fsp3) is 0. The van der Waals surface area contributed by atoms with Gasteiger partial charge in [-0.1, -0.05) is 91.0 Å². The van der Waals surface area contributed by atoms with Gasteiger partial charge in [0.15, 0.2) is 5.58 Å². The lowest BCUT2D eigenvalue weighted by atomic mass is 10.00. The van der Waals surface area contributed by atoms with Crippen LogP contribution in [-0.2, 0) is 0 Å². The molecule has 4 nitrogen and oxygen atoms in total. The average Bonchev–Trinajstić information content (AvgIpc) is 3.76. The highest BCUT2D eigenvalue weighted by atomic mass is 16.3. The maximum atomic E-state index is 6.77. The molecular weight excluding hydrogens is 528 g/mol. The molecule has 0 saturated carbocycles. The molecule has 0 atom stereocenters. The smallest absolute Gasteiger partial charge is 0.228 e. The molecule has 3 aromatic heterocycles. The molecular formula is C39H22N2O2. The molecule has 0 radical (unpaired) electrons. The lowest BCUT2D eigenvalue weighted by Crippen LogP contribution is -1.94. The summed E-state index contributed by atoms with van der Waals surface area (Å²) in [5, 5.41) is 9.12. The monoisotopic (exact) mass is 550 g/mol.